The van der Waals surface area contributed by atoms with Crippen molar-refractivity contribution in [1.82, 2.24) is 10.6 Å². The molecule has 0 heterocycles. The zero-order chi connectivity index (χ0) is 26.1. The van der Waals surface area contributed by atoms with Crippen LogP contribution in [0.15, 0.2) is 65.1 Å². The predicted octanol–water partition coefficient (Wildman–Crippen LogP) is 4.01. The molecular weight excluding hydrogens is 552 g/mol. The van der Waals surface area contributed by atoms with E-state index in [1.54, 1.807) is 12.1 Å². The summed E-state index contributed by atoms with van der Waals surface area (Å²) in [6.45, 7) is -0.600. The molecule has 0 aliphatic rings. The maximum Gasteiger partial charge on any atom is 0.323 e. The zero-order valence-electron chi connectivity index (χ0n) is 19.5. The van der Waals surface area contributed by atoms with Crippen LogP contribution in [0.2, 0.25) is 5.02 Å². The highest BCUT2D eigenvalue weighted by atomic mass is 79.9. The van der Waals surface area contributed by atoms with Crippen LogP contribution in [0.4, 0.5) is 0 Å². The molecule has 0 spiro atoms. The molecule has 0 bridgehead atoms. The predicted molar refractivity (Wildman–Crippen MR) is 140 cm³/mol. The van der Waals surface area contributed by atoms with Gasteiger partial charge in [-0.2, -0.15) is 0 Å². The summed E-state index contributed by atoms with van der Waals surface area (Å²) in [6, 6.07) is 17.8. The van der Waals surface area contributed by atoms with Crippen LogP contribution in [-0.2, 0) is 22.7 Å². The number of rotatable bonds is 12. The summed E-state index contributed by atoms with van der Waals surface area (Å²) in [5.41, 5.74) is 3.49. The molecule has 0 saturated heterocycles. The summed E-state index contributed by atoms with van der Waals surface area (Å²) in [6.07, 6.45) is 0. The number of carboxylic acids is 1. The van der Waals surface area contributed by atoms with Crippen molar-refractivity contribution in [3.8, 4) is 22.6 Å². The Kier molecular flexibility index (Phi) is 10.1. The lowest BCUT2D eigenvalue weighted by molar-refractivity contribution is -0.140. The van der Waals surface area contributed by atoms with Crippen LogP contribution in [0.1, 0.15) is 11.1 Å². The molecule has 3 aromatic carbocycles. The van der Waals surface area contributed by atoms with Gasteiger partial charge in [-0.1, -0.05) is 60.1 Å². The highest BCUT2D eigenvalue weighted by Crippen LogP contribution is 2.35. The molecule has 190 valence electrons. The van der Waals surface area contributed by atoms with Gasteiger partial charge >= 0.3 is 5.97 Å². The molecule has 0 aromatic heterocycles. The van der Waals surface area contributed by atoms with Gasteiger partial charge in [-0.3, -0.25) is 14.9 Å². The van der Waals surface area contributed by atoms with E-state index >= 15 is 0 Å². The van der Waals surface area contributed by atoms with Gasteiger partial charge in [0.15, 0.2) is 6.61 Å². The highest BCUT2D eigenvalue weighted by molar-refractivity contribution is 9.10. The van der Waals surface area contributed by atoms with Crippen molar-refractivity contribution >= 4 is 39.4 Å². The SMILES string of the molecule is CNC(=O)COc1cc(OCc2cccc(-c3ccccc3)c2Br)c(Cl)cc1CNC(CO)C(=O)O. The van der Waals surface area contributed by atoms with Gasteiger partial charge in [0.25, 0.3) is 5.91 Å². The summed E-state index contributed by atoms with van der Waals surface area (Å²) in [4.78, 5) is 22.9. The quantitative estimate of drug-likeness (QED) is 0.257. The van der Waals surface area contributed by atoms with Gasteiger partial charge in [0.1, 0.15) is 24.1 Å². The normalized spacial score (nSPS) is 11.6. The van der Waals surface area contributed by atoms with Gasteiger partial charge in [0.05, 0.1) is 11.6 Å². The Morgan fingerprint density at radius 1 is 1.03 bits per heavy atom. The van der Waals surface area contributed by atoms with Gasteiger partial charge in [0, 0.05) is 35.3 Å². The Morgan fingerprint density at radius 2 is 1.78 bits per heavy atom. The maximum atomic E-state index is 11.7. The first-order chi connectivity index (χ1) is 17.3. The van der Waals surface area contributed by atoms with Gasteiger partial charge < -0.3 is 25.0 Å². The Bertz CT molecular complexity index is 1210. The number of carbonyl (C=O) groups excluding carboxylic acids is 1. The second-order valence-electron chi connectivity index (χ2n) is 7.74. The van der Waals surface area contributed by atoms with Crippen molar-refractivity contribution in [2.24, 2.45) is 0 Å². The van der Waals surface area contributed by atoms with E-state index in [0.717, 1.165) is 21.2 Å². The summed E-state index contributed by atoms with van der Waals surface area (Å²) in [5.74, 6) is -0.905. The van der Waals surface area contributed by atoms with Crippen LogP contribution >= 0.6 is 27.5 Å². The van der Waals surface area contributed by atoms with E-state index in [0.29, 0.717) is 17.1 Å². The molecule has 4 N–H and O–H groups in total. The average Bonchev–Trinajstić information content (AvgIpc) is 2.88. The van der Waals surface area contributed by atoms with Crippen LogP contribution in [0.5, 0.6) is 11.5 Å². The summed E-state index contributed by atoms with van der Waals surface area (Å²) >= 11 is 10.1. The number of nitrogens with one attached hydrogen (secondary N) is 2. The number of benzene rings is 3. The Labute approximate surface area is 222 Å². The molecule has 0 fully saturated rings. The molecule has 3 aromatic rings. The Hall–Kier alpha value is -3.11. The lowest BCUT2D eigenvalue weighted by atomic mass is 10.0. The number of aliphatic hydroxyl groups is 1. The number of carbonyl (C=O) groups is 2. The number of amides is 1. The summed E-state index contributed by atoms with van der Waals surface area (Å²) in [5, 5.41) is 23.9. The van der Waals surface area contributed by atoms with E-state index in [1.165, 1.54) is 7.05 Å². The highest BCUT2D eigenvalue weighted by Gasteiger charge is 2.18. The van der Waals surface area contributed by atoms with Crippen LogP contribution in [-0.4, -0.2) is 48.4 Å². The molecule has 3 rings (SSSR count). The largest absolute Gasteiger partial charge is 0.487 e. The molecule has 1 amide bonds. The second kappa shape index (κ2) is 13.3. The van der Waals surface area contributed by atoms with Crippen LogP contribution < -0.4 is 20.1 Å². The number of carboxylic acid groups (broad SMARTS) is 1. The van der Waals surface area contributed by atoms with E-state index in [1.807, 2.05) is 48.5 Å². The number of halogens is 2. The molecule has 1 atom stereocenters. The van der Waals surface area contributed by atoms with E-state index in [-0.39, 0.29) is 30.7 Å². The number of hydrogen-bond acceptors (Lipinski definition) is 6. The van der Waals surface area contributed by atoms with Gasteiger partial charge in [-0.25, -0.2) is 0 Å². The minimum atomic E-state index is -1.19. The monoisotopic (exact) mass is 576 g/mol. The third kappa shape index (κ3) is 7.20. The van der Waals surface area contributed by atoms with Crippen molar-refractivity contribution in [3.05, 3.63) is 81.3 Å². The number of aliphatic carboxylic acids is 1. The van der Waals surface area contributed by atoms with Crippen molar-refractivity contribution < 1.29 is 29.3 Å². The van der Waals surface area contributed by atoms with E-state index < -0.39 is 18.6 Å². The molecule has 10 heteroatoms. The number of hydrogen-bond donors (Lipinski definition) is 4. The van der Waals surface area contributed by atoms with Crippen molar-refractivity contribution in [2.45, 2.75) is 19.2 Å². The van der Waals surface area contributed by atoms with Gasteiger partial charge in [0.2, 0.25) is 0 Å². The minimum absolute atomic E-state index is 0.0330. The lowest BCUT2D eigenvalue weighted by Crippen LogP contribution is -2.39. The number of likely N-dealkylation sites (N-methyl/N-ethyl adjacent to an activating group) is 1. The minimum Gasteiger partial charge on any atom is -0.487 e. The molecule has 8 nitrogen and oxygen atoms in total. The third-order valence-corrected chi connectivity index (χ3v) is 6.55. The standard InChI is InChI=1S/C26H26BrClN2O6/c1-29-24(32)15-36-22-11-23(20(28)10-18(22)12-30-21(13-31)26(33)34)35-14-17-8-5-9-19(25(17)27)16-6-3-2-4-7-16/h2-11,21,30-31H,12-15H2,1H3,(H,29,32)(H,33,34). The fourth-order valence-corrected chi connectivity index (χ4v) is 4.17. The Morgan fingerprint density at radius 3 is 2.44 bits per heavy atom. The maximum absolute atomic E-state index is 11.7. The van der Waals surface area contributed by atoms with E-state index in [4.69, 9.17) is 26.2 Å². The van der Waals surface area contributed by atoms with Crippen molar-refractivity contribution in [2.75, 3.05) is 20.3 Å². The molecule has 0 radical (unpaired) electrons. The molecule has 36 heavy (non-hydrogen) atoms. The van der Waals surface area contributed by atoms with Crippen LogP contribution in [0.25, 0.3) is 11.1 Å². The summed E-state index contributed by atoms with van der Waals surface area (Å²) < 4.78 is 12.6. The first-order valence-electron chi connectivity index (χ1n) is 11.0. The molecule has 0 aliphatic heterocycles. The second-order valence-corrected chi connectivity index (χ2v) is 8.94. The van der Waals surface area contributed by atoms with Crippen LogP contribution in [0.3, 0.4) is 0 Å². The summed E-state index contributed by atoms with van der Waals surface area (Å²) in [7, 11) is 1.49. The van der Waals surface area contributed by atoms with E-state index in [2.05, 4.69) is 26.6 Å². The fraction of sp³-hybridized carbons (Fsp3) is 0.231. The first-order valence-corrected chi connectivity index (χ1v) is 12.2. The van der Waals surface area contributed by atoms with Gasteiger partial charge in [-0.15, -0.1) is 0 Å². The Balaban J connectivity index is 1.83. The van der Waals surface area contributed by atoms with Gasteiger partial charge in [-0.05, 0) is 33.1 Å². The smallest absolute Gasteiger partial charge is 0.323 e. The third-order valence-electron chi connectivity index (χ3n) is 5.32. The molecular formula is C26H26BrClN2O6. The average molecular weight is 578 g/mol. The molecule has 0 aliphatic carbocycles. The zero-order valence-corrected chi connectivity index (χ0v) is 21.8. The number of ether oxygens (including phenoxy) is 2. The molecule has 1 unspecified atom stereocenters. The van der Waals surface area contributed by atoms with Crippen molar-refractivity contribution in [3.63, 3.8) is 0 Å². The topological polar surface area (TPSA) is 117 Å². The molecule has 0 saturated carbocycles. The number of aliphatic hydroxyl groups excluding tert-OH is 1. The van der Waals surface area contributed by atoms with Crippen LogP contribution in [0, 0.1) is 0 Å². The lowest BCUT2D eigenvalue weighted by Gasteiger charge is -2.18. The van der Waals surface area contributed by atoms with E-state index in [9.17, 15) is 14.7 Å². The first kappa shape index (κ1) is 27.5. The van der Waals surface area contributed by atoms with Crippen molar-refractivity contribution in [1.29, 1.82) is 0 Å². The fourth-order valence-electron chi connectivity index (χ4n) is 3.33.